The Hall–Kier alpha value is -3.06. The first-order valence-electron chi connectivity index (χ1n) is 6.78. The maximum atomic E-state index is 11.7. The van der Waals surface area contributed by atoms with Crippen molar-refractivity contribution in [1.29, 1.82) is 0 Å². The molecule has 0 aliphatic heterocycles. The predicted molar refractivity (Wildman–Crippen MR) is 90.5 cm³/mol. The summed E-state index contributed by atoms with van der Waals surface area (Å²) in [5.74, 6) is -1.76. The van der Waals surface area contributed by atoms with Crippen LogP contribution in [0.2, 0.25) is 5.02 Å². The van der Waals surface area contributed by atoms with Gasteiger partial charge in [-0.1, -0.05) is 29.8 Å². The lowest BCUT2D eigenvalue weighted by atomic mass is 10.2. The largest absolute Gasteiger partial charge is 0.504 e. The fourth-order valence-corrected chi connectivity index (χ4v) is 1.94. The first-order valence-corrected chi connectivity index (χ1v) is 7.15. The Kier molecular flexibility index (Phi) is 5.75. The average Bonchev–Trinajstić information content (AvgIpc) is 2.58. The van der Waals surface area contributed by atoms with E-state index >= 15 is 0 Å². The molecule has 0 heterocycles. The second kappa shape index (κ2) is 7.98. The Morgan fingerprint density at radius 1 is 1.17 bits per heavy atom. The zero-order chi connectivity index (χ0) is 17.5. The molecule has 0 radical (unpaired) electrons. The number of nitrogens with one attached hydrogen (secondary N) is 2. The molecular weight excluding hydrogens is 334 g/mol. The minimum Gasteiger partial charge on any atom is -0.504 e. The maximum absolute atomic E-state index is 11.7. The molecule has 0 unspecified atom stereocenters. The molecule has 0 aromatic heterocycles. The number of anilines is 1. The van der Waals surface area contributed by atoms with E-state index < -0.39 is 11.8 Å². The number of phenolic OH excluding ortho intramolecular Hbond substituents is 1. The average molecular weight is 348 g/mol. The van der Waals surface area contributed by atoms with E-state index in [1.54, 1.807) is 42.5 Å². The van der Waals surface area contributed by atoms with Crippen LogP contribution in [-0.2, 0) is 9.59 Å². The van der Waals surface area contributed by atoms with Gasteiger partial charge in [-0.3, -0.25) is 9.59 Å². The summed E-state index contributed by atoms with van der Waals surface area (Å²) in [5.41, 5.74) is 2.69. The zero-order valence-corrected chi connectivity index (χ0v) is 13.4. The van der Waals surface area contributed by atoms with E-state index in [2.05, 4.69) is 15.8 Å². The van der Waals surface area contributed by atoms with Gasteiger partial charge in [0.25, 0.3) is 0 Å². The summed E-state index contributed by atoms with van der Waals surface area (Å²) in [6.07, 6.45) is 1.19. The summed E-state index contributed by atoms with van der Waals surface area (Å²) >= 11 is 5.89. The van der Waals surface area contributed by atoms with Gasteiger partial charge >= 0.3 is 11.8 Å². The molecule has 0 fully saturated rings. The number of amides is 2. The molecule has 0 saturated heterocycles. The van der Waals surface area contributed by atoms with Gasteiger partial charge in [0.15, 0.2) is 11.5 Å². The van der Waals surface area contributed by atoms with Crippen LogP contribution in [0.3, 0.4) is 0 Å². The van der Waals surface area contributed by atoms with Gasteiger partial charge in [0.1, 0.15) is 0 Å². The Balaban J connectivity index is 1.98. The fourth-order valence-electron chi connectivity index (χ4n) is 1.76. The molecule has 0 spiro atoms. The van der Waals surface area contributed by atoms with Crippen molar-refractivity contribution in [3.63, 3.8) is 0 Å². The van der Waals surface area contributed by atoms with Crippen molar-refractivity contribution in [3.05, 3.63) is 53.1 Å². The van der Waals surface area contributed by atoms with Crippen molar-refractivity contribution in [2.45, 2.75) is 0 Å². The molecule has 2 amide bonds. The van der Waals surface area contributed by atoms with Crippen LogP contribution in [0.1, 0.15) is 5.56 Å². The molecular formula is C16H14ClN3O4. The molecule has 0 atom stereocenters. The van der Waals surface area contributed by atoms with Gasteiger partial charge in [-0.15, -0.1) is 0 Å². The molecule has 7 nitrogen and oxygen atoms in total. The number of ether oxygens (including phenoxy) is 1. The lowest BCUT2D eigenvalue weighted by molar-refractivity contribution is -0.136. The number of nitrogens with zero attached hydrogens (tertiary/aromatic N) is 1. The van der Waals surface area contributed by atoms with E-state index in [1.165, 1.54) is 13.3 Å². The zero-order valence-electron chi connectivity index (χ0n) is 12.6. The van der Waals surface area contributed by atoms with Crippen LogP contribution in [0.5, 0.6) is 11.5 Å². The number of phenols is 1. The second-order valence-electron chi connectivity index (χ2n) is 4.53. The van der Waals surface area contributed by atoms with Gasteiger partial charge < -0.3 is 15.2 Å². The number of methoxy groups -OCH3 is 1. The van der Waals surface area contributed by atoms with Gasteiger partial charge in [-0.2, -0.15) is 5.10 Å². The smallest absolute Gasteiger partial charge is 0.329 e. The fraction of sp³-hybridized carbons (Fsp3) is 0.0625. The molecule has 24 heavy (non-hydrogen) atoms. The van der Waals surface area contributed by atoms with E-state index in [0.29, 0.717) is 16.3 Å². The summed E-state index contributed by atoms with van der Waals surface area (Å²) < 4.78 is 4.95. The number of hydrogen-bond acceptors (Lipinski definition) is 5. The first kappa shape index (κ1) is 17.3. The Labute approximate surface area is 142 Å². The normalized spacial score (nSPS) is 10.4. The van der Waals surface area contributed by atoms with Crippen LogP contribution in [0.15, 0.2) is 47.6 Å². The topological polar surface area (TPSA) is 100 Å². The summed E-state index contributed by atoms with van der Waals surface area (Å²) in [5, 5.41) is 16.2. The van der Waals surface area contributed by atoms with Crippen molar-refractivity contribution < 1.29 is 19.4 Å². The summed E-state index contributed by atoms with van der Waals surface area (Å²) in [4.78, 5) is 23.4. The van der Waals surface area contributed by atoms with Crippen molar-refractivity contribution in [2.75, 3.05) is 12.4 Å². The summed E-state index contributed by atoms with van der Waals surface area (Å²) in [6, 6.07) is 11.3. The highest BCUT2D eigenvalue weighted by atomic mass is 35.5. The number of carbonyl (C=O) groups is 2. The lowest BCUT2D eigenvalue weighted by Gasteiger charge is -2.06. The molecule has 3 N–H and O–H groups in total. The van der Waals surface area contributed by atoms with Crippen LogP contribution in [0.4, 0.5) is 5.69 Å². The Morgan fingerprint density at radius 3 is 2.62 bits per heavy atom. The highest BCUT2D eigenvalue weighted by Crippen LogP contribution is 2.27. The van der Waals surface area contributed by atoms with E-state index in [0.717, 1.165) is 0 Å². The monoisotopic (exact) mass is 347 g/mol. The number of benzene rings is 2. The van der Waals surface area contributed by atoms with E-state index in [-0.39, 0.29) is 11.5 Å². The number of aromatic hydroxyl groups is 1. The number of carbonyl (C=O) groups excluding carboxylic acids is 2. The van der Waals surface area contributed by atoms with Crippen LogP contribution in [0, 0.1) is 0 Å². The molecule has 0 aliphatic carbocycles. The molecule has 124 valence electrons. The van der Waals surface area contributed by atoms with Crippen molar-refractivity contribution in [1.82, 2.24) is 5.43 Å². The number of rotatable bonds is 4. The standard InChI is InChI=1S/C16H14ClN3O4/c1-24-13-8-4-5-10(14(13)21)9-18-20-16(23)15(22)19-12-7-3-2-6-11(12)17/h2-9,21H,1H3,(H,19,22)(H,20,23)/b18-9-. The maximum Gasteiger partial charge on any atom is 0.329 e. The number of hydrazone groups is 1. The van der Waals surface area contributed by atoms with Gasteiger partial charge in [-0.05, 0) is 24.3 Å². The predicted octanol–water partition coefficient (Wildman–Crippen LogP) is 2.14. The van der Waals surface area contributed by atoms with Crippen LogP contribution in [0.25, 0.3) is 0 Å². The Bertz CT molecular complexity index is 793. The van der Waals surface area contributed by atoms with Crippen LogP contribution in [-0.4, -0.2) is 30.2 Å². The van der Waals surface area contributed by atoms with E-state index in [4.69, 9.17) is 16.3 Å². The lowest BCUT2D eigenvalue weighted by Crippen LogP contribution is -2.32. The third-order valence-corrected chi connectivity index (χ3v) is 3.28. The number of para-hydroxylation sites is 2. The second-order valence-corrected chi connectivity index (χ2v) is 4.94. The molecule has 2 rings (SSSR count). The highest BCUT2D eigenvalue weighted by molar-refractivity contribution is 6.41. The number of halogens is 1. The third-order valence-electron chi connectivity index (χ3n) is 2.95. The van der Waals surface area contributed by atoms with Gasteiger partial charge in [0.2, 0.25) is 0 Å². The van der Waals surface area contributed by atoms with Crippen molar-refractivity contribution >= 4 is 35.3 Å². The van der Waals surface area contributed by atoms with Gasteiger partial charge in [0, 0.05) is 5.56 Å². The van der Waals surface area contributed by atoms with Crippen LogP contribution < -0.4 is 15.5 Å². The number of hydrogen-bond donors (Lipinski definition) is 3. The molecule has 0 saturated carbocycles. The van der Waals surface area contributed by atoms with Crippen LogP contribution >= 0.6 is 11.6 Å². The van der Waals surface area contributed by atoms with E-state index in [1.807, 2.05) is 0 Å². The van der Waals surface area contributed by atoms with Crippen molar-refractivity contribution in [3.8, 4) is 11.5 Å². The van der Waals surface area contributed by atoms with Crippen molar-refractivity contribution in [2.24, 2.45) is 5.10 Å². The van der Waals surface area contributed by atoms with E-state index in [9.17, 15) is 14.7 Å². The SMILES string of the molecule is COc1cccc(/C=N\NC(=O)C(=O)Nc2ccccc2Cl)c1O. The molecule has 8 heteroatoms. The highest BCUT2D eigenvalue weighted by Gasteiger charge is 2.14. The molecule has 0 aliphatic rings. The minimum absolute atomic E-state index is 0.126. The molecule has 2 aromatic carbocycles. The quantitative estimate of drug-likeness (QED) is 0.448. The van der Waals surface area contributed by atoms with Gasteiger partial charge in [0.05, 0.1) is 24.0 Å². The summed E-state index contributed by atoms with van der Waals surface area (Å²) in [7, 11) is 1.41. The molecule has 2 aromatic rings. The minimum atomic E-state index is -0.978. The van der Waals surface area contributed by atoms with Gasteiger partial charge in [-0.25, -0.2) is 5.43 Å². The third kappa shape index (κ3) is 4.23. The molecule has 0 bridgehead atoms. The summed E-state index contributed by atoms with van der Waals surface area (Å²) in [6.45, 7) is 0. The Morgan fingerprint density at radius 2 is 1.92 bits per heavy atom. The first-order chi connectivity index (χ1) is 11.5.